The van der Waals surface area contributed by atoms with E-state index in [1.165, 1.54) is 12.1 Å². The van der Waals surface area contributed by atoms with Crippen molar-refractivity contribution in [2.24, 2.45) is 11.5 Å². The number of allylic oxidation sites excluding steroid dienone is 2. The Balaban J connectivity index is 2.07. The van der Waals surface area contributed by atoms with Crippen molar-refractivity contribution < 1.29 is 9.13 Å². The molecular formula is C20H17FN4O. The molecule has 0 radical (unpaired) electrons. The first-order valence-corrected chi connectivity index (χ1v) is 7.95. The number of halogens is 1. The number of hydrogen-bond donors (Lipinski definition) is 3. The fourth-order valence-electron chi connectivity index (χ4n) is 3.01. The van der Waals surface area contributed by atoms with Crippen LogP contribution in [-0.4, -0.2) is 5.71 Å². The van der Waals surface area contributed by atoms with E-state index < -0.39 is 11.7 Å². The predicted octanol–water partition coefficient (Wildman–Crippen LogP) is 3.07. The number of rotatable bonds is 4. The molecule has 1 heterocycles. The van der Waals surface area contributed by atoms with Crippen molar-refractivity contribution >= 4 is 5.71 Å². The molecule has 130 valence electrons. The largest absolute Gasteiger partial charge is 0.424 e. The lowest BCUT2D eigenvalue weighted by molar-refractivity contribution is 0.277. The van der Waals surface area contributed by atoms with Crippen LogP contribution in [0, 0.1) is 22.6 Å². The number of nitrogens with two attached hydrogens (primary N) is 2. The zero-order chi connectivity index (χ0) is 18.7. The first kappa shape index (κ1) is 17.2. The normalized spacial score (nSPS) is 16.8. The van der Waals surface area contributed by atoms with Gasteiger partial charge in [0.15, 0.2) is 5.88 Å². The molecule has 0 fully saturated rings. The Kier molecular flexibility index (Phi) is 4.72. The maximum absolute atomic E-state index is 13.8. The van der Waals surface area contributed by atoms with E-state index in [0.717, 1.165) is 5.56 Å². The summed E-state index contributed by atoms with van der Waals surface area (Å²) in [5.74, 6) is -1.37. The van der Waals surface area contributed by atoms with Gasteiger partial charge in [-0.1, -0.05) is 42.5 Å². The van der Waals surface area contributed by atoms with Crippen LogP contribution in [0.1, 0.15) is 17.0 Å². The molecule has 0 spiro atoms. The molecule has 5 N–H and O–H groups in total. The van der Waals surface area contributed by atoms with E-state index in [0.29, 0.717) is 17.6 Å². The molecule has 1 atom stereocenters. The van der Waals surface area contributed by atoms with Crippen LogP contribution in [0.5, 0.6) is 0 Å². The van der Waals surface area contributed by atoms with Crippen molar-refractivity contribution in [1.82, 2.24) is 0 Å². The van der Waals surface area contributed by atoms with Gasteiger partial charge >= 0.3 is 0 Å². The SMILES string of the molecule is N#CC1=C(N)OC(N)=C(C(=N)Cc2ccccc2)C1c1cccc(F)c1. The van der Waals surface area contributed by atoms with Gasteiger partial charge in [-0.05, 0) is 23.3 Å². The van der Waals surface area contributed by atoms with Crippen molar-refractivity contribution in [2.45, 2.75) is 12.3 Å². The molecule has 0 saturated carbocycles. The minimum Gasteiger partial charge on any atom is -0.424 e. The Morgan fingerprint density at radius 2 is 1.85 bits per heavy atom. The van der Waals surface area contributed by atoms with Gasteiger partial charge in [-0.3, -0.25) is 0 Å². The van der Waals surface area contributed by atoms with E-state index >= 15 is 0 Å². The summed E-state index contributed by atoms with van der Waals surface area (Å²) in [6.45, 7) is 0. The fraction of sp³-hybridized carbons (Fsp3) is 0.100. The number of benzene rings is 2. The van der Waals surface area contributed by atoms with Crippen LogP contribution < -0.4 is 11.5 Å². The van der Waals surface area contributed by atoms with Gasteiger partial charge in [-0.25, -0.2) is 4.39 Å². The van der Waals surface area contributed by atoms with E-state index in [2.05, 4.69) is 0 Å². The van der Waals surface area contributed by atoms with E-state index in [9.17, 15) is 9.65 Å². The topological polar surface area (TPSA) is 109 Å². The highest BCUT2D eigenvalue weighted by Gasteiger charge is 2.34. The Bertz CT molecular complexity index is 957. The molecule has 1 aliphatic rings. The van der Waals surface area contributed by atoms with Gasteiger partial charge in [0, 0.05) is 17.7 Å². The monoisotopic (exact) mass is 348 g/mol. The third-order valence-corrected chi connectivity index (χ3v) is 4.18. The summed E-state index contributed by atoms with van der Waals surface area (Å²) < 4.78 is 19.1. The molecule has 2 aromatic carbocycles. The summed E-state index contributed by atoms with van der Waals surface area (Å²) in [5.41, 5.74) is 13.8. The molecule has 0 aromatic heterocycles. The van der Waals surface area contributed by atoms with Crippen LogP contribution in [0.3, 0.4) is 0 Å². The standard InChI is InChI=1S/C20H17FN4O/c21-14-8-4-7-13(10-14)17-15(11-22)19(24)26-20(25)18(17)16(23)9-12-5-2-1-3-6-12/h1-8,10,17,23H,9,24-25H2. The summed E-state index contributed by atoms with van der Waals surface area (Å²) in [6, 6.07) is 17.3. The average Bonchev–Trinajstić information content (AvgIpc) is 2.61. The number of nitrogens with one attached hydrogen (secondary N) is 1. The highest BCUT2D eigenvalue weighted by molar-refractivity contribution is 6.02. The first-order chi connectivity index (χ1) is 12.5. The summed E-state index contributed by atoms with van der Waals surface area (Å²) in [5, 5.41) is 18.1. The number of ether oxygens (including phenoxy) is 1. The van der Waals surface area contributed by atoms with Gasteiger partial charge in [-0.15, -0.1) is 0 Å². The predicted molar refractivity (Wildman–Crippen MR) is 96.1 cm³/mol. The Labute approximate surface area is 150 Å². The van der Waals surface area contributed by atoms with Crippen LogP contribution >= 0.6 is 0 Å². The van der Waals surface area contributed by atoms with Gasteiger partial charge < -0.3 is 21.6 Å². The Morgan fingerprint density at radius 1 is 1.12 bits per heavy atom. The van der Waals surface area contributed by atoms with Crippen molar-refractivity contribution in [3.63, 3.8) is 0 Å². The molecule has 1 aliphatic heterocycles. The molecule has 0 aliphatic carbocycles. The van der Waals surface area contributed by atoms with Crippen LogP contribution in [0.4, 0.5) is 4.39 Å². The molecule has 0 bridgehead atoms. The van der Waals surface area contributed by atoms with Gasteiger partial charge in [0.2, 0.25) is 5.88 Å². The zero-order valence-electron chi connectivity index (χ0n) is 13.9. The number of nitrogens with zero attached hydrogens (tertiary/aromatic N) is 1. The lowest BCUT2D eigenvalue weighted by atomic mass is 9.80. The van der Waals surface area contributed by atoms with Crippen molar-refractivity contribution in [2.75, 3.05) is 0 Å². The minimum absolute atomic E-state index is 0.0447. The highest BCUT2D eigenvalue weighted by atomic mass is 19.1. The summed E-state index contributed by atoms with van der Waals surface area (Å²) >= 11 is 0. The molecule has 6 heteroatoms. The molecule has 0 saturated heterocycles. The van der Waals surface area contributed by atoms with Gasteiger partial charge in [-0.2, -0.15) is 5.26 Å². The third kappa shape index (κ3) is 3.28. The van der Waals surface area contributed by atoms with Crippen LogP contribution in [-0.2, 0) is 11.2 Å². The second kappa shape index (κ2) is 7.11. The molecule has 2 aromatic rings. The highest BCUT2D eigenvalue weighted by Crippen LogP contribution is 2.38. The molecule has 1 unspecified atom stereocenters. The quantitative estimate of drug-likeness (QED) is 0.738. The van der Waals surface area contributed by atoms with Crippen molar-refractivity contribution in [3.8, 4) is 6.07 Å². The Hall–Kier alpha value is -3.59. The molecule has 0 amide bonds. The first-order valence-electron chi connectivity index (χ1n) is 7.95. The molecule has 3 rings (SSSR count). The molecule has 26 heavy (non-hydrogen) atoms. The van der Waals surface area contributed by atoms with E-state index in [4.69, 9.17) is 21.6 Å². The van der Waals surface area contributed by atoms with Gasteiger partial charge in [0.05, 0.1) is 5.92 Å². The van der Waals surface area contributed by atoms with Gasteiger partial charge in [0.25, 0.3) is 0 Å². The van der Waals surface area contributed by atoms with Crippen molar-refractivity contribution in [1.29, 1.82) is 10.7 Å². The van der Waals surface area contributed by atoms with Crippen LogP contribution in [0.25, 0.3) is 0 Å². The summed E-state index contributed by atoms with van der Waals surface area (Å²) in [6.07, 6.45) is 0.296. The second-order valence-electron chi connectivity index (χ2n) is 5.90. The fourth-order valence-corrected chi connectivity index (χ4v) is 3.01. The third-order valence-electron chi connectivity index (χ3n) is 4.18. The smallest absolute Gasteiger partial charge is 0.207 e. The average molecular weight is 348 g/mol. The maximum atomic E-state index is 13.8. The van der Waals surface area contributed by atoms with E-state index in [-0.39, 0.29) is 23.1 Å². The second-order valence-corrected chi connectivity index (χ2v) is 5.90. The number of nitriles is 1. The van der Waals surface area contributed by atoms with Crippen LogP contribution in [0.2, 0.25) is 0 Å². The van der Waals surface area contributed by atoms with E-state index in [1.807, 2.05) is 36.4 Å². The van der Waals surface area contributed by atoms with Crippen molar-refractivity contribution in [3.05, 3.63) is 94.5 Å². The Morgan fingerprint density at radius 3 is 2.50 bits per heavy atom. The van der Waals surface area contributed by atoms with E-state index in [1.54, 1.807) is 12.1 Å². The van der Waals surface area contributed by atoms with Crippen LogP contribution in [0.15, 0.2) is 77.5 Å². The minimum atomic E-state index is -0.749. The summed E-state index contributed by atoms with van der Waals surface area (Å²) in [7, 11) is 0. The molecule has 5 nitrogen and oxygen atoms in total. The number of hydrogen-bond acceptors (Lipinski definition) is 5. The lowest BCUT2D eigenvalue weighted by Gasteiger charge is -2.28. The zero-order valence-corrected chi connectivity index (χ0v) is 13.9. The summed E-state index contributed by atoms with van der Waals surface area (Å²) in [4.78, 5) is 0. The van der Waals surface area contributed by atoms with Gasteiger partial charge in [0.1, 0.15) is 17.5 Å². The maximum Gasteiger partial charge on any atom is 0.207 e. The molecular weight excluding hydrogens is 331 g/mol. The lowest BCUT2D eigenvalue weighted by Crippen LogP contribution is -2.28.